The van der Waals surface area contributed by atoms with E-state index in [-0.39, 0.29) is 22.9 Å². The quantitative estimate of drug-likeness (QED) is 0.869. The zero-order chi connectivity index (χ0) is 12.6. The normalized spacial score (nSPS) is 10.5. The second kappa shape index (κ2) is 4.01. The van der Waals surface area contributed by atoms with Gasteiger partial charge in [-0.1, -0.05) is 12.1 Å². The molecule has 88 valence electrons. The number of aromatic carboxylic acids is 1. The fraction of sp³-hybridized carbons (Fsp3) is 0.167. The molecule has 0 fully saturated rings. The number of aryl methyl sites for hydroxylation is 2. The number of nitrogens with zero attached hydrogens (tertiary/aromatic N) is 1. The van der Waals surface area contributed by atoms with Crippen molar-refractivity contribution in [3.05, 3.63) is 41.0 Å². The average Bonchev–Trinajstić information content (AvgIpc) is 2.64. The highest BCUT2D eigenvalue weighted by Crippen LogP contribution is 2.25. The summed E-state index contributed by atoms with van der Waals surface area (Å²) in [6, 6.07) is 4.78. The van der Waals surface area contributed by atoms with Gasteiger partial charge in [-0.25, -0.2) is 14.2 Å². The third-order valence-electron chi connectivity index (χ3n) is 2.41. The number of hydrogen-bond donors (Lipinski definition) is 1. The predicted molar refractivity (Wildman–Crippen MR) is 58.3 cm³/mol. The van der Waals surface area contributed by atoms with E-state index >= 15 is 0 Å². The van der Waals surface area contributed by atoms with E-state index in [4.69, 9.17) is 9.52 Å². The molecule has 0 saturated heterocycles. The molecule has 17 heavy (non-hydrogen) atoms. The minimum Gasteiger partial charge on any atom is -0.475 e. The summed E-state index contributed by atoms with van der Waals surface area (Å²) in [7, 11) is 0. The van der Waals surface area contributed by atoms with E-state index in [0.717, 1.165) is 0 Å². The Labute approximate surface area is 96.7 Å². The zero-order valence-electron chi connectivity index (χ0n) is 9.32. The van der Waals surface area contributed by atoms with Gasteiger partial charge in [-0.05, 0) is 25.5 Å². The molecule has 0 aliphatic rings. The number of hydrogen-bond acceptors (Lipinski definition) is 3. The molecule has 0 atom stereocenters. The topological polar surface area (TPSA) is 63.3 Å². The summed E-state index contributed by atoms with van der Waals surface area (Å²) in [5, 5.41) is 8.82. The SMILES string of the molecule is Cc1cccc(-c2nc(C)c(C(=O)O)o2)c1F. The Balaban J connectivity index is 2.58. The Morgan fingerprint density at radius 3 is 2.71 bits per heavy atom. The molecule has 5 heteroatoms. The van der Waals surface area contributed by atoms with Crippen molar-refractivity contribution in [1.29, 1.82) is 0 Å². The molecule has 1 N–H and O–H groups in total. The lowest BCUT2D eigenvalue weighted by Gasteiger charge is -2.00. The Kier molecular flexibility index (Phi) is 2.67. The number of carbonyl (C=O) groups is 1. The standard InChI is InChI=1S/C12H10FNO3/c1-6-4-3-5-8(9(6)13)11-14-7(2)10(17-11)12(15)16/h3-5H,1-2H3,(H,15,16). The number of carboxylic acids is 1. The van der Waals surface area contributed by atoms with Crippen molar-refractivity contribution >= 4 is 5.97 Å². The first-order valence-electron chi connectivity index (χ1n) is 4.97. The van der Waals surface area contributed by atoms with Crippen LogP contribution in [-0.4, -0.2) is 16.1 Å². The van der Waals surface area contributed by atoms with Crippen molar-refractivity contribution in [2.24, 2.45) is 0 Å². The van der Waals surface area contributed by atoms with Gasteiger partial charge in [0.1, 0.15) is 5.82 Å². The number of benzene rings is 1. The van der Waals surface area contributed by atoms with Gasteiger partial charge in [0.2, 0.25) is 11.7 Å². The van der Waals surface area contributed by atoms with E-state index in [0.29, 0.717) is 5.56 Å². The molecule has 2 rings (SSSR count). The van der Waals surface area contributed by atoms with Crippen molar-refractivity contribution in [1.82, 2.24) is 4.98 Å². The van der Waals surface area contributed by atoms with Gasteiger partial charge < -0.3 is 9.52 Å². The Bertz CT molecular complexity index is 589. The minimum absolute atomic E-state index is 0.0129. The molecular weight excluding hydrogens is 225 g/mol. The molecule has 0 aliphatic heterocycles. The fourth-order valence-electron chi connectivity index (χ4n) is 1.52. The first-order chi connectivity index (χ1) is 8.00. The Morgan fingerprint density at radius 1 is 1.41 bits per heavy atom. The molecule has 1 aromatic heterocycles. The smallest absolute Gasteiger partial charge is 0.373 e. The first-order valence-corrected chi connectivity index (χ1v) is 4.97. The third-order valence-corrected chi connectivity index (χ3v) is 2.41. The molecule has 1 aromatic carbocycles. The summed E-state index contributed by atoms with van der Waals surface area (Å²) in [5.74, 6) is -1.94. The monoisotopic (exact) mass is 235 g/mol. The summed E-state index contributed by atoms with van der Waals surface area (Å²) in [4.78, 5) is 14.7. The van der Waals surface area contributed by atoms with Gasteiger partial charge in [-0.15, -0.1) is 0 Å². The van der Waals surface area contributed by atoms with Crippen molar-refractivity contribution in [2.75, 3.05) is 0 Å². The van der Waals surface area contributed by atoms with Gasteiger partial charge in [-0.3, -0.25) is 0 Å². The molecule has 0 unspecified atom stereocenters. The zero-order valence-corrected chi connectivity index (χ0v) is 9.32. The third kappa shape index (κ3) is 1.91. The fourth-order valence-corrected chi connectivity index (χ4v) is 1.52. The molecule has 0 radical (unpaired) electrons. The molecule has 2 aromatic rings. The molecule has 0 saturated carbocycles. The molecule has 0 bridgehead atoms. The summed E-state index contributed by atoms with van der Waals surface area (Å²) < 4.78 is 18.8. The number of carboxylic acid groups (broad SMARTS) is 1. The number of aromatic nitrogens is 1. The maximum Gasteiger partial charge on any atom is 0.373 e. The van der Waals surface area contributed by atoms with Crippen molar-refractivity contribution in [3.8, 4) is 11.5 Å². The van der Waals surface area contributed by atoms with Crippen LogP contribution in [0.3, 0.4) is 0 Å². The lowest BCUT2D eigenvalue weighted by atomic mass is 10.1. The van der Waals surface area contributed by atoms with E-state index < -0.39 is 11.8 Å². The maximum atomic E-state index is 13.8. The van der Waals surface area contributed by atoms with Gasteiger partial charge in [0, 0.05) is 0 Å². The molecule has 0 aliphatic carbocycles. The maximum absolute atomic E-state index is 13.8. The van der Waals surface area contributed by atoms with Gasteiger partial charge in [0.05, 0.1) is 11.3 Å². The summed E-state index contributed by atoms with van der Waals surface area (Å²) in [5.41, 5.74) is 0.851. The molecule has 0 amide bonds. The second-order valence-corrected chi connectivity index (χ2v) is 3.68. The molecule has 1 heterocycles. The van der Waals surface area contributed by atoms with Crippen molar-refractivity contribution in [2.45, 2.75) is 13.8 Å². The highest BCUT2D eigenvalue weighted by Gasteiger charge is 2.19. The first kappa shape index (κ1) is 11.3. The van der Waals surface area contributed by atoms with Crippen molar-refractivity contribution in [3.63, 3.8) is 0 Å². The summed E-state index contributed by atoms with van der Waals surface area (Å²) in [6.45, 7) is 3.12. The van der Waals surface area contributed by atoms with Gasteiger partial charge in [-0.2, -0.15) is 0 Å². The predicted octanol–water partition coefficient (Wildman–Crippen LogP) is 2.80. The van der Waals surface area contributed by atoms with E-state index in [1.54, 1.807) is 19.1 Å². The molecular formula is C12H10FNO3. The second-order valence-electron chi connectivity index (χ2n) is 3.68. The van der Waals surface area contributed by atoms with Crippen LogP contribution in [0.1, 0.15) is 21.8 Å². The number of halogens is 1. The van der Waals surface area contributed by atoms with E-state index in [1.807, 2.05) is 0 Å². The summed E-state index contributed by atoms with van der Waals surface area (Å²) >= 11 is 0. The van der Waals surface area contributed by atoms with E-state index in [1.165, 1.54) is 13.0 Å². The van der Waals surface area contributed by atoms with Crippen LogP contribution in [0, 0.1) is 19.7 Å². The largest absolute Gasteiger partial charge is 0.475 e. The van der Waals surface area contributed by atoms with Crippen LogP contribution in [0.4, 0.5) is 4.39 Å². The van der Waals surface area contributed by atoms with E-state index in [9.17, 15) is 9.18 Å². The number of oxazole rings is 1. The minimum atomic E-state index is -1.21. The van der Waals surface area contributed by atoms with Crippen LogP contribution in [0.15, 0.2) is 22.6 Å². The van der Waals surface area contributed by atoms with Gasteiger partial charge in [0.25, 0.3) is 0 Å². The van der Waals surface area contributed by atoms with Crippen LogP contribution < -0.4 is 0 Å². The lowest BCUT2D eigenvalue weighted by Crippen LogP contribution is -1.95. The lowest BCUT2D eigenvalue weighted by molar-refractivity contribution is 0.0662. The van der Waals surface area contributed by atoms with Crippen LogP contribution in [0.25, 0.3) is 11.5 Å². The van der Waals surface area contributed by atoms with Gasteiger partial charge >= 0.3 is 5.97 Å². The van der Waals surface area contributed by atoms with Crippen LogP contribution in [0.5, 0.6) is 0 Å². The van der Waals surface area contributed by atoms with Crippen LogP contribution in [-0.2, 0) is 0 Å². The van der Waals surface area contributed by atoms with E-state index in [2.05, 4.69) is 4.98 Å². The average molecular weight is 235 g/mol. The van der Waals surface area contributed by atoms with Crippen LogP contribution in [0.2, 0.25) is 0 Å². The Morgan fingerprint density at radius 2 is 2.12 bits per heavy atom. The van der Waals surface area contributed by atoms with Gasteiger partial charge in [0.15, 0.2) is 0 Å². The Hall–Kier alpha value is -2.17. The number of rotatable bonds is 2. The summed E-state index contributed by atoms with van der Waals surface area (Å²) in [6.07, 6.45) is 0. The van der Waals surface area contributed by atoms with Crippen molar-refractivity contribution < 1.29 is 18.7 Å². The molecule has 4 nitrogen and oxygen atoms in total. The molecule has 0 spiro atoms. The van der Waals surface area contributed by atoms with Crippen LogP contribution >= 0.6 is 0 Å². The highest BCUT2D eigenvalue weighted by atomic mass is 19.1. The highest BCUT2D eigenvalue weighted by molar-refractivity contribution is 5.86.